The number of aryl methyl sites for hydroxylation is 2. The van der Waals surface area contributed by atoms with Crippen molar-refractivity contribution in [3.63, 3.8) is 0 Å². The van der Waals surface area contributed by atoms with Gasteiger partial charge >= 0.3 is 5.97 Å². The molecule has 0 aliphatic carbocycles. The molecular weight excluding hydrogens is 390 g/mol. The van der Waals surface area contributed by atoms with Crippen molar-refractivity contribution < 1.29 is 14.3 Å². The van der Waals surface area contributed by atoms with Crippen LogP contribution in [-0.4, -0.2) is 35.8 Å². The van der Waals surface area contributed by atoms with Gasteiger partial charge in [-0.2, -0.15) is 5.10 Å². The van der Waals surface area contributed by atoms with Crippen LogP contribution in [0.2, 0.25) is 0 Å². The number of ether oxygens (including phenoxy) is 2. The Balaban J connectivity index is 2.61. The second-order valence-electron chi connectivity index (χ2n) is 9.02. The number of aliphatic imine (C=N–C) groups is 1. The largest absolute Gasteiger partial charge is 0.454 e. The number of hydrogen-bond donors (Lipinski definition) is 0. The smallest absolute Gasteiger partial charge is 0.311 e. The normalized spacial score (nSPS) is 13.0. The van der Waals surface area contributed by atoms with Crippen LogP contribution >= 0.6 is 0 Å². The molecule has 0 aliphatic heterocycles. The Morgan fingerprint density at radius 2 is 1.77 bits per heavy atom. The summed E-state index contributed by atoms with van der Waals surface area (Å²) >= 11 is 0. The molecule has 6 heteroatoms. The molecule has 0 amide bonds. The lowest BCUT2D eigenvalue weighted by Crippen LogP contribution is -2.15. The van der Waals surface area contributed by atoms with Crippen molar-refractivity contribution in [3.05, 3.63) is 52.3 Å². The molecule has 0 spiro atoms. The topological polar surface area (TPSA) is 65.7 Å². The zero-order valence-electron chi connectivity index (χ0n) is 20.2. The average Bonchev–Trinajstić information content (AvgIpc) is 2.95. The van der Waals surface area contributed by atoms with Crippen LogP contribution in [0, 0.1) is 19.8 Å². The summed E-state index contributed by atoms with van der Waals surface area (Å²) in [5.74, 6) is 0.0436. The lowest BCUT2D eigenvalue weighted by atomic mass is 9.86. The monoisotopic (exact) mass is 425 g/mol. The Bertz CT molecular complexity index is 975. The number of carbonyl (C=O) groups is 1. The van der Waals surface area contributed by atoms with E-state index in [1.807, 2.05) is 20.9 Å². The van der Waals surface area contributed by atoms with E-state index < -0.39 is 0 Å². The van der Waals surface area contributed by atoms with E-state index in [0.29, 0.717) is 5.76 Å². The van der Waals surface area contributed by atoms with E-state index in [1.54, 1.807) is 31.8 Å². The minimum atomic E-state index is -0.308. The Hall–Kier alpha value is -2.89. The number of carbonyl (C=O) groups excluding carboxylic acids is 1. The van der Waals surface area contributed by atoms with Crippen LogP contribution < -0.4 is 0 Å². The number of aromatic nitrogens is 2. The number of hydrogen-bond acceptors (Lipinski definition) is 5. The second-order valence-corrected chi connectivity index (χ2v) is 9.02. The molecule has 0 fully saturated rings. The summed E-state index contributed by atoms with van der Waals surface area (Å²) in [6.45, 7) is 13.9. The molecule has 0 aliphatic rings. The maximum Gasteiger partial charge on any atom is 0.311 e. The molecule has 0 bridgehead atoms. The Morgan fingerprint density at radius 3 is 2.23 bits per heavy atom. The van der Waals surface area contributed by atoms with Crippen LogP contribution in [-0.2, 0) is 26.7 Å². The highest BCUT2D eigenvalue weighted by molar-refractivity contribution is 6.18. The molecule has 2 rings (SSSR count). The van der Waals surface area contributed by atoms with Crippen LogP contribution in [0.3, 0.4) is 0 Å². The average molecular weight is 426 g/mol. The highest BCUT2D eigenvalue weighted by Gasteiger charge is 2.22. The highest BCUT2D eigenvalue weighted by Crippen LogP contribution is 2.31. The van der Waals surface area contributed by atoms with E-state index >= 15 is 0 Å². The van der Waals surface area contributed by atoms with Gasteiger partial charge in [-0.3, -0.25) is 14.5 Å². The molecule has 0 saturated carbocycles. The first kappa shape index (κ1) is 24.4. The predicted molar refractivity (Wildman–Crippen MR) is 126 cm³/mol. The molecule has 1 aromatic heterocycles. The summed E-state index contributed by atoms with van der Waals surface area (Å²) in [5, 5.41) is 4.54. The maximum atomic E-state index is 11.9. The van der Waals surface area contributed by atoms with Gasteiger partial charge in [-0.05, 0) is 30.4 Å². The molecule has 0 saturated heterocycles. The minimum absolute atomic E-state index is 0.0569. The van der Waals surface area contributed by atoms with E-state index in [2.05, 4.69) is 55.1 Å². The van der Waals surface area contributed by atoms with Gasteiger partial charge in [0.05, 0.1) is 11.6 Å². The number of nitrogens with zero attached hydrogens (tertiary/aromatic N) is 3. The fourth-order valence-electron chi connectivity index (χ4n) is 3.21. The van der Waals surface area contributed by atoms with E-state index in [-0.39, 0.29) is 24.1 Å². The van der Waals surface area contributed by atoms with Crippen LogP contribution in [0.25, 0.3) is 11.3 Å². The first-order valence-electron chi connectivity index (χ1n) is 10.5. The molecule has 0 radical (unpaired) electrons. The zero-order chi connectivity index (χ0) is 23.3. The summed E-state index contributed by atoms with van der Waals surface area (Å²) in [6.07, 6.45) is 1.77. The zero-order valence-corrected chi connectivity index (χ0v) is 20.2. The molecule has 31 heavy (non-hydrogen) atoms. The highest BCUT2D eigenvalue weighted by atomic mass is 16.7. The van der Waals surface area contributed by atoms with Gasteiger partial charge < -0.3 is 9.47 Å². The van der Waals surface area contributed by atoms with Crippen molar-refractivity contribution in [1.82, 2.24) is 9.78 Å². The molecule has 0 atom stereocenters. The number of allylic oxidation sites excluding steroid dienone is 1. The standard InChI is InChI=1S/C25H35N3O3/c1-16(2)24(29)31-15-30-23(22-17(3)18(4)27-28(22)9)21(14-26-8)19-10-12-20(13-11-19)25(5,6)7/h10-14,16H,15H2,1-9H3/b23-21-,26-14?. The third-order valence-corrected chi connectivity index (χ3v) is 5.18. The van der Waals surface area contributed by atoms with Gasteiger partial charge in [0, 0.05) is 31.4 Å². The first-order chi connectivity index (χ1) is 14.5. The van der Waals surface area contributed by atoms with Crippen LogP contribution in [0.4, 0.5) is 0 Å². The quantitative estimate of drug-likeness (QED) is 0.269. The Kier molecular flexibility index (Phi) is 7.82. The molecule has 2 aromatic rings. The fraction of sp³-hybridized carbons (Fsp3) is 0.480. The van der Waals surface area contributed by atoms with E-state index in [0.717, 1.165) is 28.1 Å². The SMILES string of the molecule is CN=C/C(=C(/OCOC(=O)C(C)C)c1c(C)c(C)nn1C)c1ccc(C(C)(C)C)cc1. The van der Waals surface area contributed by atoms with Crippen LogP contribution in [0.15, 0.2) is 29.3 Å². The Labute approximate surface area is 186 Å². The predicted octanol–water partition coefficient (Wildman–Crippen LogP) is 5.08. The molecule has 1 heterocycles. The van der Waals surface area contributed by atoms with Crippen molar-refractivity contribution in [3.8, 4) is 0 Å². The van der Waals surface area contributed by atoms with Gasteiger partial charge in [-0.25, -0.2) is 0 Å². The summed E-state index contributed by atoms with van der Waals surface area (Å²) in [5.41, 5.74) is 5.80. The molecular formula is C25H35N3O3. The van der Waals surface area contributed by atoms with Crippen molar-refractivity contribution in [1.29, 1.82) is 0 Å². The second kappa shape index (κ2) is 9.94. The van der Waals surface area contributed by atoms with E-state index in [4.69, 9.17) is 9.47 Å². The van der Waals surface area contributed by atoms with Crippen LogP contribution in [0.1, 0.15) is 62.7 Å². The lowest BCUT2D eigenvalue weighted by Gasteiger charge is -2.20. The minimum Gasteiger partial charge on any atom is -0.454 e. The lowest BCUT2D eigenvalue weighted by molar-refractivity contribution is -0.155. The molecule has 0 N–H and O–H groups in total. The Morgan fingerprint density at radius 1 is 1.16 bits per heavy atom. The maximum absolute atomic E-state index is 11.9. The van der Waals surface area contributed by atoms with Gasteiger partial charge in [0.2, 0.25) is 6.79 Å². The summed E-state index contributed by atoms with van der Waals surface area (Å²) in [4.78, 5) is 16.2. The van der Waals surface area contributed by atoms with Crippen molar-refractivity contribution in [2.45, 2.75) is 53.9 Å². The van der Waals surface area contributed by atoms with Gasteiger partial charge in [0.25, 0.3) is 0 Å². The van der Waals surface area contributed by atoms with Crippen molar-refractivity contribution in [2.75, 3.05) is 13.8 Å². The van der Waals surface area contributed by atoms with Gasteiger partial charge in [0.15, 0.2) is 5.76 Å². The van der Waals surface area contributed by atoms with Crippen LogP contribution in [0.5, 0.6) is 0 Å². The van der Waals surface area contributed by atoms with Crippen molar-refractivity contribution >= 4 is 23.5 Å². The third-order valence-electron chi connectivity index (χ3n) is 5.18. The molecule has 168 valence electrons. The van der Waals surface area contributed by atoms with Gasteiger partial charge in [-0.1, -0.05) is 58.9 Å². The number of benzene rings is 1. The fourth-order valence-corrected chi connectivity index (χ4v) is 3.21. The molecule has 6 nitrogen and oxygen atoms in total. The molecule has 0 unspecified atom stereocenters. The summed E-state index contributed by atoms with van der Waals surface area (Å²) < 4.78 is 13.2. The third kappa shape index (κ3) is 5.84. The van der Waals surface area contributed by atoms with Gasteiger partial charge in [0.1, 0.15) is 5.69 Å². The summed E-state index contributed by atoms with van der Waals surface area (Å²) in [7, 11) is 3.60. The van der Waals surface area contributed by atoms with E-state index in [1.165, 1.54) is 5.56 Å². The first-order valence-corrected chi connectivity index (χ1v) is 10.5. The number of rotatable bonds is 7. The summed E-state index contributed by atoms with van der Waals surface area (Å²) in [6, 6.07) is 8.38. The van der Waals surface area contributed by atoms with E-state index in [9.17, 15) is 4.79 Å². The van der Waals surface area contributed by atoms with Crippen molar-refractivity contribution in [2.24, 2.45) is 18.0 Å². The van der Waals surface area contributed by atoms with Gasteiger partial charge in [-0.15, -0.1) is 0 Å². The molecule has 1 aromatic carbocycles. The number of esters is 1.